The predicted molar refractivity (Wildman–Crippen MR) is 159 cm³/mol. The fraction of sp³-hybridized carbons (Fsp3) is 0.133. The molecule has 0 aliphatic rings. The zero-order chi connectivity index (χ0) is 28.6. The average Bonchev–Trinajstić information content (AvgIpc) is 3.00. The standard InChI is InChI=1S/C22H19N3O2.C8H10N4O/c1-3-17-12-15-8-7-11-19(16-13-23-22(27-2)24-14-16)20(15)21(26)25(17)18-9-5-4-6-10-18;1-4-5-6(10-2)7(9)12-8(11-5)13-3/h4-14H,3H2,1-2H3;4H,1-2H2,3H3,(H2,9,11,12). The average molecular weight is 536 g/mol. The summed E-state index contributed by atoms with van der Waals surface area (Å²) in [5, 5.41) is 1.57. The lowest BCUT2D eigenvalue weighted by Gasteiger charge is -2.15. The molecule has 5 rings (SSSR count). The van der Waals surface area contributed by atoms with E-state index in [0.29, 0.717) is 22.8 Å². The fourth-order valence-electron chi connectivity index (χ4n) is 4.20. The number of methoxy groups -OCH3 is 2. The van der Waals surface area contributed by atoms with Gasteiger partial charge < -0.3 is 15.2 Å². The number of anilines is 1. The Labute approximate surface area is 231 Å². The van der Waals surface area contributed by atoms with E-state index in [2.05, 4.69) is 51.2 Å². The van der Waals surface area contributed by atoms with Crippen molar-refractivity contribution in [1.29, 1.82) is 0 Å². The smallest absolute Gasteiger partial charge is 0.318 e. The summed E-state index contributed by atoms with van der Waals surface area (Å²) < 4.78 is 11.6. The van der Waals surface area contributed by atoms with Crippen LogP contribution in [0.5, 0.6) is 12.0 Å². The molecule has 0 unspecified atom stereocenters. The molecule has 5 aromatic rings. The van der Waals surface area contributed by atoms with Crippen LogP contribution in [0, 0.1) is 0 Å². The van der Waals surface area contributed by atoms with Crippen LogP contribution in [0.15, 0.2) is 83.4 Å². The number of aromatic nitrogens is 5. The van der Waals surface area contributed by atoms with E-state index >= 15 is 0 Å². The number of nitrogen functional groups attached to an aromatic ring is 1. The molecule has 0 amide bonds. The maximum atomic E-state index is 13.5. The van der Waals surface area contributed by atoms with Gasteiger partial charge in [0.05, 0.1) is 25.3 Å². The van der Waals surface area contributed by atoms with Crippen LogP contribution < -0.4 is 20.8 Å². The van der Waals surface area contributed by atoms with E-state index < -0.39 is 0 Å². The van der Waals surface area contributed by atoms with Gasteiger partial charge in [-0.15, -0.1) is 0 Å². The number of rotatable bonds is 7. The number of benzene rings is 2. The highest BCUT2D eigenvalue weighted by Crippen LogP contribution is 2.28. The van der Waals surface area contributed by atoms with E-state index in [1.807, 2.05) is 48.5 Å². The molecular formula is C30H29N7O3. The third kappa shape index (κ3) is 5.56. The van der Waals surface area contributed by atoms with Crippen molar-refractivity contribution < 1.29 is 9.47 Å². The zero-order valence-electron chi connectivity index (χ0n) is 22.5. The topological polar surface area (TPSA) is 130 Å². The third-order valence-corrected chi connectivity index (χ3v) is 6.07. The summed E-state index contributed by atoms with van der Waals surface area (Å²) in [5.41, 5.74) is 9.90. The Morgan fingerprint density at radius 3 is 2.30 bits per heavy atom. The molecule has 3 aromatic heterocycles. The summed E-state index contributed by atoms with van der Waals surface area (Å²) in [7, 11) is 2.99. The first-order chi connectivity index (χ1) is 19.4. The molecule has 10 nitrogen and oxygen atoms in total. The minimum atomic E-state index is -0.0398. The second-order valence-corrected chi connectivity index (χ2v) is 8.39. The molecule has 0 aliphatic carbocycles. The van der Waals surface area contributed by atoms with Gasteiger partial charge in [-0.3, -0.25) is 14.4 Å². The van der Waals surface area contributed by atoms with Gasteiger partial charge in [-0.25, -0.2) is 9.97 Å². The van der Waals surface area contributed by atoms with Gasteiger partial charge >= 0.3 is 12.0 Å². The highest BCUT2D eigenvalue weighted by atomic mass is 16.5. The predicted octanol–water partition coefficient (Wildman–Crippen LogP) is 5.06. The number of ether oxygens (including phenoxy) is 2. The van der Waals surface area contributed by atoms with Crippen molar-refractivity contribution in [2.45, 2.75) is 13.3 Å². The number of hydrogen-bond donors (Lipinski definition) is 1. The number of aliphatic imine (C=N–C) groups is 1. The Bertz CT molecular complexity index is 1720. The van der Waals surface area contributed by atoms with E-state index in [1.165, 1.54) is 20.3 Å². The van der Waals surface area contributed by atoms with Gasteiger partial charge in [0.15, 0.2) is 5.82 Å². The summed E-state index contributed by atoms with van der Waals surface area (Å²) in [6, 6.07) is 18.1. The largest absolute Gasteiger partial charge is 0.467 e. The molecule has 0 saturated carbocycles. The summed E-state index contributed by atoms with van der Waals surface area (Å²) in [6.07, 6.45) is 5.64. The van der Waals surface area contributed by atoms with Crippen molar-refractivity contribution in [1.82, 2.24) is 24.5 Å². The quantitative estimate of drug-likeness (QED) is 0.286. The van der Waals surface area contributed by atoms with Crippen molar-refractivity contribution in [2.75, 3.05) is 20.0 Å². The maximum Gasteiger partial charge on any atom is 0.318 e. The van der Waals surface area contributed by atoms with Gasteiger partial charge in [-0.2, -0.15) is 9.97 Å². The van der Waals surface area contributed by atoms with Crippen LogP contribution >= 0.6 is 0 Å². The summed E-state index contributed by atoms with van der Waals surface area (Å²) >= 11 is 0. The highest BCUT2D eigenvalue weighted by Gasteiger charge is 2.15. The number of para-hydroxylation sites is 1. The molecule has 202 valence electrons. The van der Waals surface area contributed by atoms with E-state index in [9.17, 15) is 4.79 Å². The molecule has 0 spiro atoms. The van der Waals surface area contributed by atoms with Crippen LogP contribution in [0.4, 0.5) is 11.5 Å². The minimum Gasteiger partial charge on any atom is -0.467 e. The van der Waals surface area contributed by atoms with Crippen molar-refractivity contribution in [3.63, 3.8) is 0 Å². The van der Waals surface area contributed by atoms with Gasteiger partial charge in [0.1, 0.15) is 5.69 Å². The Kier molecular flexibility index (Phi) is 8.60. The van der Waals surface area contributed by atoms with Crippen LogP contribution in [-0.4, -0.2) is 45.4 Å². The molecule has 0 aliphatic heterocycles. The molecule has 3 heterocycles. The van der Waals surface area contributed by atoms with E-state index in [-0.39, 0.29) is 17.4 Å². The molecule has 2 aromatic carbocycles. The van der Waals surface area contributed by atoms with Gasteiger partial charge in [0, 0.05) is 29.3 Å². The van der Waals surface area contributed by atoms with E-state index in [4.69, 9.17) is 15.2 Å². The summed E-state index contributed by atoms with van der Waals surface area (Å²) in [5.74, 6) is 0.233. The number of aryl methyl sites for hydroxylation is 1. The second-order valence-electron chi connectivity index (χ2n) is 8.39. The number of pyridine rings is 1. The van der Waals surface area contributed by atoms with E-state index in [1.54, 1.807) is 17.0 Å². The lowest BCUT2D eigenvalue weighted by Crippen LogP contribution is -2.22. The number of fused-ring (bicyclic) bond motifs is 1. The maximum absolute atomic E-state index is 13.5. The van der Waals surface area contributed by atoms with Crippen LogP contribution in [0.25, 0.3) is 33.7 Å². The zero-order valence-corrected chi connectivity index (χ0v) is 22.5. The molecule has 40 heavy (non-hydrogen) atoms. The number of hydrogen-bond acceptors (Lipinski definition) is 9. The Morgan fingerprint density at radius 2 is 1.70 bits per heavy atom. The van der Waals surface area contributed by atoms with Crippen LogP contribution in [-0.2, 0) is 6.42 Å². The van der Waals surface area contributed by atoms with Gasteiger partial charge in [0.25, 0.3) is 5.56 Å². The molecule has 2 N–H and O–H groups in total. The molecule has 10 heteroatoms. The SMILES string of the molecule is C=Cc1nc(OC)nc(N)c1N=C.CCc1cc2cccc(-c3cnc(OC)nc3)c2c(=O)n1-c1ccccc1. The van der Waals surface area contributed by atoms with Crippen LogP contribution in [0.1, 0.15) is 18.3 Å². The van der Waals surface area contributed by atoms with Crippen molar-refractivity contribution in [2.24, 2.45) is 4.99 Å². The molecule has 0 saturated heterocycles. The Balaban J connectivity index is 0.000000240. The van der Waals surface area contributed by atoms with Gasteiger partial charge in [0.2, 0.25) is 0 Å². The first kappa shape index (κ1) is 27.6. The summed E-state index contributed by atoms with van der Waals surface area (Å²) in [4.78, 5) is 33.4. The van der Waals surface area contributed by atoms with E-state index in [0.717, 1.165) is 34.3 Å². The van der Waals surface area contributed by atoms with Crippen molar-refractivity contribution in [3.05, 3.63) is 95.3 Å². The lowest BCUT2D eigenvalue weighted by molar-refractivity contribution is 0.380. The van der Waals surface area contributed by atoms with Crippen LogP contribution in [0.2, 0.25) is 0 Å². The molecule has 0 atom stereocenters. The van der Waals surface area contributed by atoms with Gasteiger partial charge in [-0.05, 0) is 48.4 Å². The second kappa shape index (κ2) is 12.4. The summed E-state index contributed by atoms with van der Waals surface area (Å²) in [6.45, 7) is 8.98. The fourth-order valence-corrected chi connectivity index (χ4v) is 4.20. The Morgan fingerprint density at radius 1 is 1.00 bits per heavy atom. The minimum absolute atomic E-state index is 0.0398. The van der Waals surface area contributed by atoms with Crippen molar-refractivity contribution >= 4 is 35.1 Å². The lowest BCUT2D eigenvalue weighted by atomic mass is 10.0. The number of nitrogens with two attached hydrogens (primary N) is 1. The Hall–Kier alpha value is -5.38. The molecule has 0 radical (unpaired) electrons. The molecule has 0 bridgehead atoms. The van der Waals surface area contributed by atoms with Gasteiger partial charge in [-0.1, -0.05) is 49.9 Å². The van der Waals surface area contributed by atoms with Crippen molar-refractivity contribution in [3.8, 4) is 28.8 Å². The third-order valence-electron chi connectivity index (χ3n) is 6.07. The van der Waals surface area contributed by atoms with Crippen LogP contribution in [0.3, 0.4) is 0 Å². The molecular weight excluding hydrogens is 506 g/mol. The first-order valence-electron chi connectivity index (χ1n) is 12.4. The monoisotopic (exact) mass is 535 g/mol. The number of nitrogens with zero attached hydrogens (tertiary/aromatic N) is 6. The highest BCUT2D eigenvalue weighted by molar-refractivity contribution is 5.96. The first-order valence-corrected chi connectivity index (χ1v) is 12.4. The molecule has 0 fully saturated rings. The normalized spacial score (nSPS) is 10.4.